The van der Waals surface area contributed by atoms with E-state index in [4.69, 9.17) is 23.2 Å². The molecule has 1 amide bonds. The fourth-order valence-corrected chi connectivity index (χ4v) is 5.52. The fraction of sp³-hybridized carbons (Fsp3) is 0.200. The number of hydrogen-bond donors (Lipinski definition) is 2. The maximum atomic E-state index is 13.6. The summed E-state index contributed by atoms with van der Waals surface area (Å²) in [5, 5.41) is 14.5. The molecular formula is C25H23Cl2N3O4S. The molecule has 0 saturated heterocycles. The molecule has 2 aromatic heterocycles. The molecule has 7 nitrogen and oxygen atoms in total. The van der Waals surface area contributed by atoms with E-state index in [1.807, 2.05) is 13.8 Å². The Morgan fingerprint density at radius 3 is 2.34 bits per heavy atom. The molecule has 0 aliphatic carbocycles. The lowest BCUT2D eigenvalue weighted by molar-refractivity contribution is 0.0546. The van der Waals surface area contributed by atoms with Gasteiger partial charge >= 0.3 is 0 Å². The number of rotatable bonds is 6. The first kappa shape index (κ1) is 25.2. The number of benzene rings is 2. The van der Waals surface area contributed by atoms with Gasteiger partial charge in [0.1, 0.15) is 0 Å². The topological polar surface area (TPSA) is 101 Å². The second kappa shape index (κ2) is 9.28. The Balaban J connectivity index is 1.89. The average Bonchev–Trinajstić information content (AvgIpc) is 3.22. The highest BCUT2D eigenvalue weighted by Crippen LogP contribution is 2.36. The number of aryl methyl sites for hydroxylation is 1. The van der Waals surface area contributed by atoms with Crippen molar-refractivity contribution in [3.05, 3.63) is 87.8 Å². The van der Waals surface area contributed by atoms with E-state index in [1.165, 1.54) is 36.8 Å². The first-order chi connectivity index (χ1) is 16.5. The first-order valence-electron chi connectivity index (χ1n) is 10.8. The largest absolute Gasteiger partial charge is 0.385 e. The van der Waals surface area contributed by atoms with Crippen molar-refractivity contribution < 1.29 is 18.3 Å². The molecule has 1 unspecified atom stereocenters. The molecular weight excluding hydrogens is 509 g/mol. The lowest BCUT2D eigenvalue weighted by atomic mass is 9.93. The highest BCUT2D eigenvalue weighted by Gasteiger charge is 2.30. The number of hydrogen-bond acceptors (Lipinski definition) is 5. The molecule has 0 bridgehead atoms. The monoisotopic (exact) mass is 531 g/mol. The third kappa shape index (κ3) is 4.67. The van der Waals surface area contributed by atoms with E-state index in [2.05, 4.69) is 10.3 Å². The van der Waals surface area contributed by atoms with E-state index in [9.17, 15) is 18.3 Å². The van der Waals surface area contributed by atoms with Crippen LogP contribution in [0.25, 0.3) is 10.9 Å². The number of anilines is 1. The maximum absolute atomic E-state index is 13.6. The number of halogens is 2. The summed E-state index contributed by atoms with van der Waals surface area (Å²) in [7, 11) is -4.02. The number of nitrogens with zero attached hydrogens (tertiary/aromatic N) is 2. The van der Waals surface area contributed by atoms with E-state index in [0.29, 0.717) is 17.4 Å². The number of carbonyl (C=O) groups is 1. The molecule has 4 rings (SSSR count). The Labute approximate surface area is 213 Å². The van der Waals surface area contributed by atoms with Crippen LogP contribution in [0.1, 0.15) is 41.8 Å². The van der Waals surface area contributed by atoms with Gasteiger partial charge in [-0.25, -0.2) is 12.4 Å². The third-order valence-corrected chi connectivity index (χ3v) is 8.23. The number of pyridine rings is 1. The van der Waals surface area contributed by atoms with Crippen molar-refractivity contribution in [2.24, 2.45) is 0 Å². The molecule has 0 radical (unpaired) electrons. The predicted molar refractivity (Wildman–Crippen MR) is 138 cm³/mol. The summed E-state index contributed by atoms with van der Waals surface area (Å²) in [5.41, 5.74) is 0.720. The molecule has 1 atom stereocenters. The van der Waals surface area contributed by atoms with Gasteiger partial charge in [0.2, 0.25) is 0 Å². The smallest absolute Gasteiger partial charge is 0.268 e. The van der Waals surface area contributed by atoms with Gasteiger partial charge in [-0.05, 0) is 44.5 Å². The maximum Gasteiger partial charge on any atom is 0.268 e. The number of aliphatic hydroxyl groups is 1. The minimum Gasteiger partial charge on any atom is -0.385 e. The van der Waals surface area contributed by atoms with Crippen molar-refractivity contribution in [1.29, 1.82) is 0 Å². The number of carbonyl (C=O) groups excluding carboxylic acids is 1. The van der Waals surface area contributed by atoms with Crippen LogP contribution < -0.4 is 5.32 Å². The van der Waals surface area contributed by atoms with Crippen LogP contribution in [-0.2, 0) is 15.6 Å². The molecule has 182 valence electrons. The van der Waals surface area contributed by atoms with Crippen molar-refractivity contribution in [2.45, 2.75) is 37.7 Å². The Bertz CT molecular complexity index is 1520. The minimum absolute atomic E-state index is 0.0906. The average molecular weight is 532 g/mol. The van der Waals surface area contributed by atoms with Crippen LogP contribution >= 0.6 is 23.2 Å². The first-order valence-corrected chi connectivity index (χ1v) is 13.0. The van der Waals surface area contributed by atoms with Crippen molar-refractivity contribution in [3.63, 3.8) is 0 Å². The van der Waals surface area contributed by atoms with Gasteiger partial charge in [-0.2, -0.15) is 0 Å². The molecule has 0 aliphatic heterocycles. The molecule has 2 heterocycles. The van der Waals surface area contributed by atoms with Gasteiger partial charge in [0.25, 0.3) is 15.9 Å². The quantitative estimate of drug-likeness (QED) is 0.329. The summed E-state index contributed by atoms with van der Waals surface area (Å²) in [6, 6.07) is 11.1. The second-order valence-electron chi connectivity index (χ2n) is 8.45. The van der Waals surface area contributed by atoms with Gasteiger partial charge in [-0.3, -0.25) is 9.78 Å². The predicted octanol–water partition coefficient (Wildman–Crippen LogP) is 5.76. The zero-order chi connectivity index (χ0) is 25.5. The van der Waals surface area contributed by atoms with E-state index in [1.54, 1.807) is 31.2 Å². The van der Waals surface area contributed by atoms with E-state index in [-0.39, 0.29) is 31.7 Å². The summed E-state index contributed by atoms with van der Waals surface area (Å²) in [6.07, 6.45) is 4.48. The summed E-state index contributed by atoms with van der Waals surface area (Å²) in [5.74, 6) is -0.536. The van der Waals surface area contributed by atoms with Crippen molar-refractivity contribution in [3.8, 4) is 0 Å². The van der Waals surface area contributed by atoms with Crippen LogP contribution in [0.5, 0.6) is 0 Å². The summed E-state index contributed by atoms with van der Waals surface area (Å²) < 4.78 is 28.3. The Kier molecular flexibility index (Phi) is 6.68. The highest BCUT2D eigenvalue weighted by molar-refractivity contribution is 7.90. The van der Waals surface area contributed by atoms with Crippen LogP contribution in [0, 0.1) is 6.92 Å². The minimum atomic E-state index is -4.02. The van der Waals surface area contributed by atoms with E-state index < -0.39 is 21.5 Å². The summed E-state index contributed by atoms with van der Waals surface area (Å²) in [4.78, 5) is 17.0. The summed E-state index contributed by atoms with van der Waals surface area (Å²) in [6.45, 7) is 5.30. The molecule has 2 N–H and O–H groups in total. The molecule has 4 aromatic rings. The van der Waals surface area contributed by atoms with Gasteiger partial charge in [0.05, 0.1) is 31.7 Å². The molecule has 0 aliphatic rings. The summed E-state index contributed by atoms with van der Waals surface area (Å²) >= 11 is 12.2. The normalized spacial score (nSPS) is 13.5. The molecule has 0 spiro atoms. The third-order valence-electron chi connectivity index (χ3n) is 5.97. The van der Waals surface area contributed by atoms with Crippen LogP contribution in [0.3, 0.4) is 0 Å². The van der Waals surface area contributed by atoms with Gasteiger partial charge in [-0.15, -0.1) is 0 Å². The van der Waals surface area contributed by atoms with E-state index >= 15 is 0 Å². The standard InChI is InChI=1S/C25H23Cl2N3O4S/c1-4-25(3,32)19-14-30(35(33,34)17-8-5-15(2)6-9-17)22-11-16(7-10-18(19)22)24(31)29-23-20(26)12-28-13-21(23)27/h5-14,32H,4H2,1-3H3,(H,28,29,31). The van der Waals surface area contributed by atoms with Crippen molar-refractivity contribution in [1.82, 2.24) is 8.96 Å². The fourth-order valence-electron chi connectivity index (χ4n) is 3.70. The zero-order valence-corrected chi connectivity index (χ0v) is 21.5. The van der Waals surface area contributed by atoms with Crippen LogP contribution in [-0.4, -0.2) is 28.4 Å². The van der Waals surface area contributed by atoms with Crippen LogP contribution in [0.4, 0.5) is 5.69 Å². The number of fused-ring (bicyclic) bond motifs is 1. The van der Waals surface area contributed by atoms with Crippen LogP contribution in [0.2, 0.25) is 10.0 Å². The highest BCUT2D eigenvalue weighted by atomic mass is 35.5. The molecule has 10 heteroatoms. The number of aromatic nitrogens is 2. The molecule has 2 aromatic carbocycles. The Morgan fingerprint density at radius 1 is 1.11 bits per heavy atom. The Hall–Kier alpha value is -2.91. The Morgan fingerprint density at radius 2 is 1.74 bits per heavy atom. The molecule has 0 fully saturated rings. The van der Waals surface area contributed by atoms with Gasteiger partial charge in [0.15, 0.2) is 0 Å². The molecule has 0 saturated carbocycles. The zero-order valence-electron chi connectivity index (χ0n) is 19.2. The second-order valence-corrected chi connectivity index (χ2v) is 11.1. The lowest BCUT2D eigenvalue weighted by Gasteiger charge is -2.20. The SMILES string of the molecule is CCC(C)(O)c1cn(S(=O)(=O)c2ccc(C)cc2)c2cc(C(=O)Nc3c(Cl)cncc3Cl)ccc12. The van der Waals surface area contributed by atoms with Gasteiger partial charge < -0.3 is 10.4 Å². The van der Waals surface area contributed by atoms with E-state index in [0.717, 1.165) is 9.54 Å². The van der Waals surface area contributed by atoms with Crippen LogP contribution in [0.15, 0.2) is 66.0 Å². The van der Waals surface area contributed by atoms with Crippen molar-refractivity contribution >= 4 is 55.7 Å². The number of amides is 1. The molecule has 35 heavy (non-hydrogen) atoms. The van der Waals surface area contributed by atoms with Gasteiger partial charge in [-0.1, -0.05) is 53.9 Å². The van der Waals surface area contributed by atoms with Crippen molar-refractivity contribution in [2.75, 3.05) is 5.32 Å². The number of nitrogens with one attached hydrogen (secondary N) is 1. The van der Waals surface area contributed by atoms with Gasteiger partial charge in [0, 0.05) is 35.1 Å². The lowest BCUT2D eigenvalue weighted by Crippen LogP contribution is -2.19.